The molecule has 3 N–H and O–H groups in total. The van der Waals surface area contributed by atoms with Crippen molar-refractivity contribution in [3.05, 3.63) is 64.8 Å². The standard InChI is InChI=1S/C29H29F2N4O6PS/c30-29(31,42(39,40)41)19-3-6-24-17(8-19)11-25(43-24)26(36)33-21-10-16-9-20(16)22-4-5-23(35(22)27(21)37)28(38)34-13-18(14-34)15-2-1-7-32-12-15/h1-3,6-8,11-12,16,18,20-23H,4-5,9-10,13-14H2,(H,33,36)(H2,39,40,41)/t16-,20-,21-,22+,23-/m0/s1. The van der Waals surface area contributed by atoms with E-state index in [2.05, 4.69) is 10.3 Å². The van der Waals surface area contributed by atoms with Gasteiger partial charge in [-0.05, 0) is 72.7 Å². The summed E-state index contributed by atoms with van der Waals surface area (Å²) in [5.41, 5.74) is -4.13. The fourth-order valence-corrected chi connectivity index (χ4v) is 8.39. The van der Waals surface area contributed by atoms with E-state index in [9.17, 15) is 27.7 Å². The highest BCUT2D eigenvalue weighted by Gasteiger charge is 2.57. The van der Waals surface area contributed by atoms with E-state index in [0.717, 1.165) is 41.9 Å². The van der Waals surface area contributed by atoms with Gasteiger partial charge in [-0.2, -0.15) is 8.78 Å². The molecule has 1 aromatic carbocycles. The predicted molar refractivity (Wildman–Crippen MR) is 152 cm³/mol. The zero-order valence-electron chi connectivity index (χ0n) is 22.8. The Kier molecular flexibility index (Phi) is 6.73. The Morgan fingerprint density at radius 1 is 1.12 bits per heavy atom. The molecule has 5 atom stereocenters. The van der Waals surface area contributed by atoms with Crippen LogP contribution in [0.1, 0.15) is 52.4 Å². The number of thiophene rings is 1. The minimum absolute atomic E-state index is 0.0258. The van der Waals surface area contributed by atoms with E-state index in [1.54, 1.807) is 16.0 Å². The van der Waals surface area contributed by atoms with Crippen LogP contribution in [0.3, 0.4) is 0 Å². The number of halogens is 2. The molecule has 7 rings (SSSR count). The SMILES string of the molecule is O=C(N[C@H]1C[C@@H]2C[C@@H]2[C@H]2CC[C@@H](C(=O)N3CC(c4cccnc4)C3)N2C1=O)c1cc2cc(C(F)(F)P(=O)(O)O)ccc2s1. The zero-order valence-corrected chi connectivity index (χ0v) is 24.5. The van der Waals surface area contributed by atoms with Gasteiger partial charge in [0.05, 0.1) is 4.88 Å². The third kappa shape index (κ3) is 4.86. The molecule has 0 spiro atoms. The van der Waals surface area contributed by atoms with Crippen LogP contribution in [0.4, 0.5) is 8.78 Å². The van der Waals surface area contributed by atoms with Gasteiger partial charge in [0, 0.05) is 47.7 Å². The fourth-order valence-electron chi connectivity index (χ4n) is 6.97. The number of pyridine rings is 1. The number of hydrogen-bond donors (Lipinski definition) is 3. The van der Waals surface area contributed by atoms with Crippen molar-refractivity contribution in [2.45, 2.75) is 55.4 Å². The molecule has 4 aliphatic rings. The molecular formula is C29H29F2N4O6PS. The van der Waals surface area contributed by atoms with Gasteiger partial charge in [-0.1, -0.05) is 12.1 Å². The third-order valence-corrected chi connectivity index (χ3v) is 11.5. The highest BCUT2D eigenvalue weighted by atomic mass is 32.1. The molecule has 0 unspecified atom stereocenters. The fraction of sp³-hybridized carbons (Fsp3) is 0.448. The number of benzene rings is 1. The molecule has 3 aliphatic heterocycles. The van der Waals surface area contributed by atoms with Crippen molar-refractivity contribution in [3.8, 4) is 0 Å². The van der Waals surface area contributed by atoms with Crippen LogP contribution < -0.4 is 5.32 Å². The Bertz CT molecular complexity index is 1680. The topological polar surface area (TPSA) is 140 Å². The second-order valence-corrected chi connectivity index (χ2v) is 14.7. The van der Waals surface area contributed by atoms with Gasteiger partial charge in [-0.15, -0.1) is 11.3 Å². The van der Waals surface area contributed by atoms with Crippen molar-refractivity contribution >= 4 is 46.7 Å². The predicted octanol–water partition coefficient (Wildman–Crippen LogP) is 3.65. The van der Waals surface area contributed by atoms with E-state index in [1.807, 2.05) is 18.3 Å². The van der Waals surface area contributed by atoms with Gasteiger partial charge in [0.1, 0.15) is 12.1 Å². The number of carbonyl (C=O) groups excluding carboxylic acids is 3. The van der Waals surface area contributed by atoms with Crippen molar-refractivity contribution in [2.24, 2.45) is 11.8 Å². The van der Waals surface area contributed by atoms with Gasteiger partial charge in [-0.25, -0.2) is 0 Å². The van der Waals surface area contributed by atoms with Crippen LogP contribution in [0.5, 0.6) is 0 Å². The molecule has 0 radical (unpaired) electrons. The van der Waals surface area contributed by atoms with Crippen LogP contribution in [0, 0.1) is 11.8 Å². The first-order valence-electron chi connectivity index (χ1n) is 14.2. The third-order valence-electron chi connectivity index (χ3n) is 9.38. The molecule has 226 valence electrons. The van der Waals surface area contributed by atoms with E-state index in [0.29, 0.717) is 36.5 Å². The molecule has 5 heterocycles. The lowest BCUT2D eigenvalue weighted by atomic mass is 9.92. The van der Waals surface area contributed by atoms with E-state index in [-0.39, 0.29) is 40.0 Å². The van der Waals surface area contributed by atoms with E-state index >= 15 is 0 Å². The van der Waals surface area contributed by atoms with Crippen molar-refractivity contribution in [1.82, 2.24) is 20.1 Å². The molecule has 3 aromatic rings. The molecule has 0 bridgehead atoms. The number of hydrogen-bond acceptors (Lipinski definition) is 6. The number of nitrogens with one attached hydrogen (secondary N) is 1. The summed E-state index contributed by atoms with van der Waals surface area (Å²) in [6, 6.07) is 7.03. The summed E-state index contributed by atoms with van der Waals surface area (Å²) in [6.07, 6.45) is 6.27. The average Bonchev–Trinajstić information content (AvgIpc) is 3.38. The lowest BCUT2D eigenvalue weighted by Crippen LogP contribution is -2.59. The molecular weight excluding hydrogens is 601 g/mol. The summed E-state index contributed by atoms with van der Waals surface area (Å²) in [4.78, 5) is 66.8. The Morgan fingerprint density at radius 2 is 1.91 bits per heavy atom. The number of nitrogens with zero attached hydrogens (tertiary/aromatic N) is 3. The maximum absolute atomic E-state index is 14.2. The minimum atomic E-state index is -5.74. The number of carbonyl (C=O) groups is 3. The first kappa shape index (κ1) is 28.5. The molecule has 3 saturated heterocycles. The summed E-state index contributed by atoms with van der Waals surface area (Å²) in [6.45, 7) is 1.15. The number of rotatable bonds is 6. The number of aromatic nitrogens is 1. The Labute approximate surface area is 249 Å². The van der Waals surface area contributed by atoms with E-state index in [4.69, 9.17) is 9.79 Å². The maximum Gasteiger partial charge on any atom is 0.399 e. The molecule has 4 fully saturated rings. The van der Waals surface area contributed by atoms with Crippen LogP contribution >= 0.6 is 18.9 Å². The van der Waals surface area contributed by atoms with Gasteiger partial charge in [-0.3, -0.25) is 23.9 Å². The molecule has 10 nitrogen and oxygen atoms in total. The first-order valence-corrected chi connectivity index (χ1v) is 16.6. The number of fused-ring (bicyclic) bond motifs is 4. The van der Waals surface area contributed by atoms with Crippen LogP contribution in [0.25, 0.3) is 10.1 Å². The van der Waals surface area contributed by atoms with Gasteiger partial charge in [0.25, 0.3) is 5.91 Å². The maximum atomic E-state index is 14.2. The van der Waals surface area contributed by atoms with Gasteiger partial charge in [0.15, 0.2) is 0 Å². The quantitative estimate of drug-likeness (QED) is 0.354. The average molecular weight is 631 g/mol. The van der Waals surface area contributed by atoms with Crippen LogP contribution in [-0.4, -0.2) is 73.5 Å². The van der Waals surface area contributed by atoms with Gasteiger partial charge < -0.3 is 24.9 Å². The highest BCUT2D eigenvalue weighted by molar-refractivity contribution is 7.52. The van der Waals surface area contributed by atoms with Crippen molar-refractivity contribution < 1.29 is 37.5 Å². The summed E-state index contributed by atoms with van der Waals surface area (Å²) in [5.74, 6) is -0.0703. The second-order valence-electron chi connectivity index (χ2n) is 12.0. The Morgan fingerprint density at radius 3 is 2.63 bits per heavy atom. The molecule has 3 amide bonds. The van der Waals surface area contributed by atoms with Crippen molar-refractivity contribution in [1.29, 1.82) is 0 Å². The van der Waals surface area contributed by atoms with Crippen molar-refractivity contribution in [3.63, 3.8) is 0 Å². The number of amides is 3. The molecule has 14 heteroatoms. The lowest BCUT2D eigenvalue weighted by Gasteiger charge is -2.42. The molecule has 1 aliphatic carbocycles. The summed E-state index contributed by atoms with van der Waals surface area (Å²) in [7, 11) is -5.74. The van der Waals surface area contributed by atoms with Crippen molar-refractivity contribution in [2.75, 3.05) is 13.1 Å². The highest BCUT2D eigenvalue weighted by Crippen LogP contribution is 2.59. The largest absolute Gasteiger partial charge is 0.399 e. The van der Waals surface area contributed by atoms with Crippen LogP contribution in [-0.2, 0) is 19.8 Å². The normalized spacial score (nSPS) is 27.3. The molecule has 2 aromatic heterocycles. The second kappa shape index (κ2) is 10.2. The van der Waals surface area contributed by atoms with Gasteiger partial charge >= 0.3 is 13.3 Å². The first-order chi connectivity index (χ1) is 20.4. The Hall–Kier alpha value is -3.25. The smallest absolute Gasteiger partial charge is 0.340 e. The minimum Gasteiger partial charge on any atom is -0.340 e. The van der Waals surface area contributed by atoms with Crippen LogP contribution in [0.15, 0.2) is 48.8 Å². The monoisotopic (exact) mass is 630 g/mol. The Balaban J connectivity index is 1.07. The number of likely N-dealkylation sites (tertiary alicyclic amines) is 1. The molecule has 1 saturated carbocycles. The molecule has 43 heavy (non-hydrogen) atoms. The summed E-state index contributed by atoms with van der Waals surface area (Å²) < 4.78 is 40.3. The summed E-state index contributed by atoms with van der Waals surface area (Å²) in [5, 5.41) is 3.08. The number of alkyl halides is 2. The van der Waals surface area contributed by atoms with Gasteiger partial charge in [0.2, 0.25) is 11.8 Å². The van der Waals surface area contributed by atoms with E-state index in [1.165, 1.54) is 12.1 Å². The van der Waals surface area contributed by atoms with E-state index < -0.39 is 36.8 Å². The lowest BCUT2D eigenvalue weighted by molar-refractivity contribution is -0.149. The summed E-state index contributed by atoms with van der Waals surface area (Å²) >= 11 is 1.03. The zero-order chi connectivity index (χ0) is 30.3. The van der Waals surface area contributed by atoms with Crippen LogP contribution in [0.2, 0.25) is 0 Å².